The molecule has 0 aliphatic heterocycles. The van der Waals surface area contributed by atoms with Crippen LogP contribution in [0, 0.1) is 0 Å². The summed E-state index contributed by atoms with van der Waals surface area (Å²) in [7, 11) is 0. The van der Waals surface area contributed by atoms with Crippen molar-refractivity contribution < 1.29 is 9.59 Å². The molecule has 0 saturated carbocycles. The summed E-state index contributed by atoms with van der Waals surface area (Å²) in [5.74, 6) is -0.635. The van der Waals surface area contributed by atoms with E-state index in [0.29, 0.717) is 12.1 Å². The Labute approximate surface area is 194 Å². The Hall–Kier alpha value is -4.00. The lowest BCUT2D eigenvalue weighted by molar-refractivity contribution is -0.127. The predicted octanol–water partition coefficient (Wildman–Crippen LogP) is 3.90. The molecule has 0 unspecified atom stereocenters. The lowest BCUT2D eigenvalue weighted by Crippen LogP contribution is -2.58. The number of hydrogen-bond acceptors (Lipinski definition) is 4. The minimum absolute atomic E-state index is 0.267. The molecule has 3 rings (SSSR count). The highest BCUT2D eigenvalue weighted by Crippen LogP contribution is 2.21. The number of carbonyl (C=O) groups excluding carboxylic acids is 2. The van der Waals surface area contributed by atoms with Crippen molar-refractivity contribution in [2.45, 2.75) is 38.4 Å². The van der Waals surface area contributed by atoms with E-state index < -0.39 is 5.54 Å². The van der Waals surface area contributed by atoms with Crippen LogP contribution in [0.4, 0.5) is 0 Å². The first kappa shape index (κ1) is 23.7. The van der Waals surface area contributed by atoms with E-state index in [4.69, 9.17) is 0 Å². The fraction of sp³-hybridized carbons (Fsp3) is 0.231. The molecule has 0 fully saturated rings. The maximum atomic E-state index is 13.2. The maximum Gasteiger partial charge on any atom is 0.252 e. The van der Waals surface area contributed by atoms with E-state index in [-0.39, 0.29) is 24.7 Å². The summed E-state index contributed by atoms with van der Waals surface area (Å²) in [6, 6.07) is 16.7. The van der Waals surface area contributed by atoms with Crippen LogP contribution >= 0.6 is 0 Å². The van der Waals surface area contributed by atoms with E-state index >= 15 is 0 Å². The summed E-state index contributed by atoms with van der Waals surface area (Å²) < 4.78 is 1.74. The van der Waals surface area contributed by atoms with Gasteiger partial charge in [-0.05, 0) is 37.5 Å². The zero-order valence-corrected chi connectivity index (χ0v) is 18.8. The molecule has 3 aromatic rings. The Balaban J connectivity index is 1.76. The molecule has 0 saturated heterocycles. The highest BCUT2D eigenvalue weighted by molar-refractivity contribution is 5.99. The number of rotatable bonds is 11. The Morgan fingerprint density at radius 3 is 2.27 bits per heavy atom. The van der Waals surface area contributed by atoms with Gasteiger partial charge in [0.25, 0.3) is 5.91 Å². The van der Waals surface area contributed by atoms with Crippen LogP contribution in [0.2, 0.25) is 0 Å². The largest absolute Gasteiger partial charge is 0.350 e. The standard InChI is InChI=1S/C26H29N5O2/c1-4-16-26(17-5-2,25(33)27-18-20-10-8-7-9-11-20)28-24(32)22-14-12-21(13-15-22)23-19-31(6-3)30-29-23/h4-5,7-15,19H,1-2,6,16-18H2,3H3,(H,27,33)(H,28,32). The van der Waals surface area contributed by atoms with Crippen LogP contribution < -0.4 is 10.6 Å². The molecule has 0 aliphatic carbocycles. The van der Waals surface area contributed by atoms with Crippen LogP contribution in [0.3, 0.4) is 0 Å². The number of nitrogens with one attached hydrogen (secondary N) is 2. The van der Waals surface area contributed by atoms with Crippen LogP contribution in [-0.4, -0.2) is 32.3 Å². The van der Waals surface area contributed by atoms with Gasteiger partial charge in [-0.1, -0.05) is 59.8 Å². The van der Waals surface area contributed by atoms with Gasteiger partial charge in [0, 0.05) is 24.2 Å². The molecule has 1 aromatic heterocycles. The molecule has 0 bridgehead atoms. The number of amides is 2. The van der Waals surface area contributed by atoms with Crippen molar-refractivity contribution in [1.82, 2.24) is 25.6 Å². The molecule has 33 heavy (non-hydrogen) atoms. The average molecular weight is 444 g/mol. The van der Waals surface area contributed by atoms with Crippen molar-refractivity contribution in [3.8, 4) is 11.3 Å². The summed E-state index contributed by atoms with van der Waals surface area (Å²) in [5.41, 5.74) is 1.82. The molecule has 2 N–H and O–H groups in total. The third-order valence-electron chi connectivity index (χ3n) is 5.37. The molecule has 0 radical (unpaired) electrons. The molecule has 0 aliphatic rings. The summed E-state index contributed by atoms with van der Waals surface area (Å²) in [6.07, 6.45) is 5.65. The van der Waals surface area contributed by atoms with Gasteiger partial charge in [-0.15, -0.1) is 18.3 Å². The highest BCUT2D eigenvalue weighted by atomic mass is 16.2. The van der Waals surface area contributed by atoms with Crippen molar-refractivity contribution in [3.05, 3.63) is 97.2 Å². The van der Waals surface area contributed by atoms with Gasteiger partial charge in [-0.2, -0.15) is 0 Å². The second-order valence-corrected chi connectivity index (χ2v) is 7.73. The van der Waals surface area contributed by atoms with E-state index in [1.54, 1.807) is 29.0 Å². The van der Waals surface area contributed by atoms with Crippen LogP contribution in [0.15, 0.2) is 86.1 Å². The van der Waals surface area contributed by atoms with Gasteiger partial charge >= 0.3 is 0 Å². The predicted molar refractivity (Wildman–Crippen MR) is 129 cm³/mol. The molecule has 170 valence electrons. The van der Waals surface area contributed by atoms with E-state index in [1.165, 1.54) is 0 Å². The van der Waals surface area contributed by atoms with Crippen molar-refractivity contribution in [1.29, 1.82) is 0 Å². The molecule has 2 aromatic carbocycles. The molecular weight excluding hydrogens is 414 g/mol. The number of benzene rings is 2. The third-order valence-corrected chi connectivity index (χ3v) is 5.37. The maximum absolute atomic E-state index is 13.2. The van der Waals surface area contributed by atoms with Crippen LogP contribution in [0.25, 0.3) is 11.3 Å². The zero-order chi connectivity index (χ0) is 23.7. The van der Waals surface area contributed by atoms with Crippen molar-refractivity contribution in [3.63, 3.8) is 0 Å². The van der Waals surface area contributed by atoms with E-state index in [0.717, 1.165) is 23.4 Å². The third kappa shape index (κ3) is 5.83. The Bertz CT molecular complexity index is 1090. The lowest BCUT2D eigenvalue weighted by Gasteiger charge is -2.32. The molecule has 7 nitrogen and oxygen atoms in total. The average Bonchev–Trinajstić information content (AvgIpc) is 3.33. The topological polar surface area (TPSA) is 88.9 Å². The Kier molecular flexibility index (Phi) is 7.91. The number of carbonyl (C=O) groups is 2. The van der Waals surface area contributed by atoms with Crippen LogP contribution in [0.1, 0.15) is 35.7 Å². The molecule has 2 amide bonds. The normalized spacial score (nSPS) is 10.9. The van der Waals surface area contributed by atoms with Gasteiger partial charge in [0.05, 0.1) is 6.20 Å². The van der Waals surface area contributed by atoms with Crippen molar-refractivity contribution in [2.24, 2.45) is 0 Å². The monoisotopic (exact) mass is 443 g/mol. The first-order chi connectivity index (χ1) is 16.0. The van der Waals surface area contributed by atoms with Gasteiger partial charge in [-0.25, -0.2) is 0 Å². The van der Waals surface area contributed by atoms with Gasteiger partial charge < -0.3 is 10.6 Å². The van der Waals surface area contributed by atoms with Crippen molar-refractivity contribution in [2.75, 3.05) is 0 Å². The number of nitrogens with zero attached hydrogens (tertiary/aromatic N) is 3. The summed E-state index contributed by atoms with van der Waals surface area (Å²) >= 11 is 0. The van der Waals surface area contributed by atoms with E-state index in [9.17, 15) is 9.59 Å². The second kappa shape index (κ2) is 11.0. The number of aromatic nitrogens is 3. The van der Waals surface area contributed by atoms with E-state index in [1.807, 2.05) is 55.6 Å². The molecule has 0 atom stereocenters. The van der Waals surface area contributed by atoms with Crippen molar-refractivity contribution >= 4 is 11.8 Å². The number of aryl methyl sites for hydroxylation is 1. The quantitative estimate of drug-likeness (QED) is 0.440. The van der Waals surface area contributed by atoms with E-state index in [2.05, 4.69) is 34.1 Å². The zero-order valence-electron chi connectivity index (χ0n) is 18.8. The molecular formula is C26H29N5O2. The first-order valence-corrected chi connectivity index (χ1v) is 10.9. The van der Waals surface area contributed by atoms with Gasteiger partial charge in [-0.3, -0.25) is 14.3 Å². The minimum atomic E-state index is -1.18. The Morgan fingerprint density at radius 1 is 1.03 bits per heavy atom. The highest BCUT2D eigenvalue weighted by Gasteiger charge is 2.37. The summed E-state index contributed by atoms with van der Waals surface area (Å²) in [4.78, 5) is 26.3. The van der Waals surface area contributed by atoms with Crippen LogP contribution in [-0.2, 0) is 17.9 Å². The number of hydrogen-bond donors (Lipinski definition) is 2. The second-order valence-electron chi connectivity index (χ2n) is 7.73. The van der Waals surface area contributed by atoms with Gasteiger partial charge in [0.1, 0.15) is 11.2 Å². The smallest absolute Gasteiger partial charge is 0.252 e. The molecule has 0 spiro atoms. The summed E-state index contributed by atoms with van der Waals surface area (Å²) in [6.45, 7) is 10.6. The summed E-state index contributed by atoms with van der Waals surface area (Å²) in [5, 5.41) is 14.1. The van der Waals surface area contributed by atoms with Gasteiger partial charge in [0.15, 0.2) is 0 Å². The first-order valence-electron chi connectivity index (χ1n) is 10.9. The Morgan fingerprint density at radius 2 is 1.70 bits per heavy atom. The lowest BCUT2D eigenvalue weighted by atomic mass is 9.89. The molecule has 1 heterocycles. The fourth-order valence-corrected chi connectivity index (χ4v) is 3.53. The molecule has 7 heteroatoms. The fourth-order valence-electron chi connectivity index (χ4n) is 3.53. The minimum Gasteiger partial charge on any atom is -0.350 e. The van der Waals surface area contributed by atoms with Gasteiger partial charge in [0.2, 0.25) is 5.91 Å². The SMILES string of the molecule is C=CCC(CC=C)(NC(=O)c1ccc(-c2cn(CC)nn2)cc1)C(=O)NCc1ccccc1. The van der Waals surface area contributed by atoms with Crippen LogP contribution in [0.5, 0.6) is 0 Å².